The fourth-order valence-corrected chi connectivity index (χ4v) is 8.17. The van der Waals surface area contributed by atoms with E-state index in [9.17, 15) is 9.90 Å². The van der Waals surface area contributed by atoms with Crippen LogP contribution in [0, 0.1) is 29.6 Å². The number of benzene rings is 1. The molecule has 2 nitrogen and oxygen atoms in total. The molecular weight excluding hydrogens is 428 g/mol. The summed E-state index contributed by atoms with van der Waals surface area (Å²) in [5.74, 6) is 3.81. The lowest BCUT2D eigenvalue weighted by molar-refractivity contribution is -0.146. The average Bonchev–Trinajstić information content (AvgIpc) is 2.89. The summed E-state index contributed by atoms with van der Waals surface area (Å²) in [7, 11) is 0. The lowest BCUT2D eigenvalue weighted by Gasteiger charge is -2.42. The lowest BCUT2D eigenvalue weighted by Crippen LogP contribution is -2.41. The smallest absolute Gasteiger partial charge is 0.314 e. The second-order valence-corrected chi connectivity index (χ2v) is 12.7. The van der Waals surface area contributed by atoms with Crippen molar-refractivity contribution in [3.05, 3.63) is 35.4 Å². The van der Waals surface area contributed by atoms with Crippen molar-refractivity contribution in [3.63, 3.8) is 0 Å². The summed E-state index contributed by atoms with van der Waals surface area (Å²) >= 11 is 0. The Labute approximate surface area is 215 Å². The summed E-state index contributed by atoms with van der Waals surface area (Å²) in [5, 5.41) is 10.3. The van der Waals surface area contributed by atoms with Gasteiger partial charge in [0, 0.05) is 0 Å². The molecule has 35 heavy (non-hydrogen) atoms. The summed E-state index contributed by atoms with van der Waals surface area (Å²) in [4.78, 5) is 12.6. The van der Waals surface area contributed by atoms with Crippen LogP contribution in [0.5, 0.6) is 0 Å². The number of aliphatic carboxylic acids is 1. The maximum absolute atomic E-state index is 12.6. The van der Waals surface area contributed by atoms with Crippen molar-refractivity contribution in [1.82, 2.24) is 0 Å². The summed E-state index contributed by atoms with van der Waals surface area (Å²) in [5.41, 5.74) is 1.79. The highest BCUT2D eigenvalue weighted by molar-refractivity contribution is 5.81. The third-order valence-corrected chi connectivity index (χ3v) is 10.6. The Bertz CT molecular complexity index is 757. The van der Waals surface area contributed by atoms with Crippen LogP contribution in [0.25, 0.3) is 0 Å². The van der Waals surface area contributed by atoms with Crippen LogP contribution >= 0.6 is 0 Å². The molecule has 0 spiro atoms. The van der Waals surface area contributed by atoms with E-state index in [4.69, 9.17) is 0 Å². The van der Waals surface area contributed by atoms with Gasteiger partial charge in [-0.25, -0.2) is 0 Å². The molecule has 3 aliphatic rings. The molecule has 0 unspecified atom stereocenters. The van der Waals surface area contributed by atoms with Gasteiger partial charge in [0.25, 0.3) is 0 Å². The van der Waals surface area contributed by atoms with Crippen LogP contribution < -0.4 is 0 Å². The van der Waals surface area contributed by atoms with Gasteiger partial charge in [-0.15, -0.1) is 0 Å². The van der Waals surface area contributed by atoms with Gasteiger partial charge in [-0.1, -0.05) is 102 Å². The van der Waals surface area contributed by atoms with Crippen molar-refractivity contribution < 1.29 is 9.90 Å². The highest BCUT2D eigenvalue weighted by atomic mass is 16.4. The van der Waals surface area contributed by atoms with Crippen LogP contribution in [0.1, 0.15) is 134 Å². The van der Waals surface area contributed by atoms with Crippen LogP contribution in [0.2, 0.25) is 0 Å². The standard InChI is InChI=1S/C33H52O2/c1-3-5-25-7-9-27(10-8-25)11-12-28-15-19-31(20-16-28)33(32(34)35)23-21-30(22-24-33)29-17-13-26(6-4-2)14-18-29/h15-16,19-20,25-27,29-30H,3-14,17-18,21-24H2,1-2H3,(H,34,35). The molecule has 3 saturated carbocycles. The van der Waals surface area contributed by atoms with Gasteiger partial charge in [0.05, 0.1) is 5.41 Å². The van der Waals surface area contributed by atoms with Crippen LogP contribution in [0.3, 0.4) is 0 Å². The minimum Gasteiger partial charge on any atom is -0.481 e. The second-order valence-electron chi connectivity index (χ2n) is 12.7. The highest BCUT2D eigenvalue weighted by Gasteiger charge is 2.45. The first kappa shape index (κ1) is 26.7. The quantitative estimate of drug-likeness (QED) is 0.362. The molecule has 2 heteroatoms. The Balaban J connectivity index is 1.28. The molecule has 0 aromatic heterocycles. The summed E-state index contributed by atoms with van der Waals surface area (Å²) < 4.78 is 0. The molecule has 0 heterocycles. The first-order valence-electron chi connectivity index (χ1n) is 15.4. The van der Waals surface area contributed by atoms with Gasteiger partial charge < -0.3 is 5.11 Å². The molecule has 3 aliphatic carbocycles. The molecule has 1 aromatic carbocycles. The number of carbonyl (C=O) groups is 1. The minimum absolute atomic E-state index is 0.598. The fourth-order valence-electron chi connectivity index (χ4n) is 8.17. The molecule has 0 amide bonds. The van der Waals surface area contributed by atoms with Gasteiger partial charge in [-0.3, -0.25) is 4.79 Å². The first-order valence-corrected chi connectivity index (χ1v) is 15.4. The van der Waals surface area contributed by atoms with Crippen LogP contribution in [-0.4, -0.2) is 11.1 Å². The SMILES string of the molecule is CCCC1CCC(CCc2ccc(C3(C(=O)O)CCC(C4CCC(CCC)CC4)CC3)cc2)CC1. The van der Waals surface area contributed by atoms with E-state index in [2.05, 4.69) is 38.1 Å². The van der Waals surface area contributed by atoms with Crippen molar-refractivity contribution in [2.24, 2.45) is 29.6 Å². The predicted octanol–water partition coefficient (Wildman–Crippen LogP) is 9.34. The van der Waals surface area contributed by atoms with Crippen molar-refractivity contribution >= 4 is 5.97 Å². The third kappa shape index (κ3) is 6.72. The maximum atomic E-state index is 12.6. The Morgan fingerprint density at radius 2 is 1.17 bits per heavy atom. The predicted molar refractivity (Wildman–Crippen MR) is 147 cm³/mol. The topological polar surface area (TPSA) is 37.3 Å². The molecule has 4 rings (SSSR count). The highest BCUT2D eigenvalue weighted by Crippen LogP contribution is 2.47. The van der Waals surface area contributed by atoms with E-state index < -0.39 is 11.4 Å². The van der Waals surface area contributed by atoms with Crippen molar-refractivity contribution in [3.8, 4) is 0 Å². The van der Waals surface area contributed by atoms with Gasteiger partial charge in [0.15, 0.2) is 0 Å². The van der Waals surface area contributed by atoms with E-state index in [1.54, 1.807) is 0 Å². The first-order chi connectivity index (χ1) is 17.0. The van der Waals surface area contributed by atoms with Crippen LogP contribution in [0.4, 0.5) is 0 Å². The van der Waals surface area contributed by atoms with E-state index in [1.165, 1.54) is 89.0 Å². The zero-order chi connectivity index (χ0) is 24.7. The maximum Gasteiger partial charge on any atom is 0.314 e. The lowest BCUT2D eigenvalue weighted by atomic mass is 9.62. The number of rotatable bonds is 10. The number of hydrogen-bond acceptors (Lipinski definition) is 1. The summed E-state index contributed by atoms with van der Waals surface area (Å²) in [6.07, 6.45) is 23.0. The molecule has 1 N–H and O–H groups in total. The molecule has 196 valence electrons. The number of aryl methyl sites for hydroxylation is 1. The minimum atomic E-state index is -0.661. The molecule has 1 aromatic rings. The number of hydrogen-bond donors (Lipinski definition) is 1. The zero-order valence-electron chi connectivity index (χ0n) is 22.8. The number of carboxylic acids is 1. The Kier molecular flexibility index (Phi) is 9.76. The molecule has 0 bridgehead atoms. The molecule has 0 saturated heterocycles. The monoisotopic (exact) mass is 480 g/mol. The Hall–Kier alpha value is -1.31. The zero-order valence-corrected chi connectivity index (χ0v) is 22.8. The van der Waals surface area contributed by atoms with Gasteiger partial charge in [0.1, 0.15) is 0 Å². The van der Waals surface area contributed by atoms with Crippen molar-refractivity contribution in [2.45, 2.75) is 135 Å². The average molecular weight is 481 g/mol. The summed E-state index contributed by atoms with van der Waals surface area (Å²) in [6, 6.07) is 8.81. The fraction of sp³-hybridized carbons (Fsp3) is 0.788. The van der Waals surface area contributed by atoms with Gasteiger partial charge in [0.2, 0.25) is 0 Å². The van der Waals surface area contributed by atoms with E-state index >= 15 is 0 Å². The molecule has 3 fully saturated rings. The Morgan fingerprint density at radius 3 is 1.66 bits per heavy atom. The normalized spacial score (nSPS) is 33.9. The molecule has 0 aliphatic heterocycles. The van der Waals surface area contributed by atoms with Gasteiger partial charge >= 0.3 is 5.97 Å². The Morgan fingerprint density at radius 1 is 0.714 bits per heavy atom. The van der Waals surface area contributed by atoms with Gasteiger partial charge in [-0.05, 0) is 92.1 Å². The van der Waals surface area contributed by atoms with E-state index in [1.807, 2.05) is 0 Å². The molecular formula is C33H52O2. The van der Waals surface area contributed by atoms with Crippen molar-refractivity contribution in [2.75, 3.05) is 0 Å². The second kappa shape index (κ2) is 12.8. The van der Waals surface area contributed by atoms with E-state index in [-0.39, 0.29) is 0 Å². The summed E-state index contributed by atoms with van der Waals surface area (Å²) in [6.45, 7) is 4.62. The van der Waals surface area contributed by atoms with E-state index in [0.717, 1.165) is 67.3 Å². The number of carboxylic acid groups (broad SMARTS) is 1. The largest absolute Gasteiger partial charge is 0.481 e. The van der Waals surface area contributed by atoms with Crippen LogP contribution in [0.15, 0.2) is 24.3 Å². The van der Waals surface area contributed by atoms with Crippen molar-refractivity contribution in [1.29, 1.82) is 0 Å². The van der Waals surface area contributed by atoms with Crippen LogP contribution in [-0.2, 0) is 16.6 Å². The molecule has 0 radical (unpaired) electrons. The van der Waals surface area contributed by atoms with Gasteiger partial charge in [-0.2, -0.15) is 0 Å². The molecule has 0 atom stereocenters. The third-order valence-electron chi connectivity index (χ3n) is 10.6. The van der Waals surface area contributed by atoms with E-state index in [0.29, 0.717) is 0 Å².